The van der Waals surface area contributed by atoms with Gasteiger partial charge in [0.05, 0.1) is 5.52 Å². The van der Waals surface area contributed by atoms with E-state index in [1.165, 1.54) is 10.9 Å². The van der Waals surface area contributed by atoms with E-state index in [9.17, 15) is 0 Å². The Bertz CT molecular complexity index is 653. The molecule has 17 heavy (non-hydrogen) atoms. The predicted molar refractivity (Wildman–Crippen MR) is 70.0 cm³/mol. The SMILES string of the molecule is NCc1cccc(-n2ccc3c[c]ccc32)c1. The molecule has 0 saturated heterocycles. The average Bonchev–Trinajstić information content (AvgIpc) is 2.82. The van der Waals surface area contributed by atoms with Gasteiger partial charge in [-0.15, -0.1) is 0 Å². The number of nitrogens with two attached hydrogens (primary N) is 1. The number of benzene rings is 2. The summed E-state index contributed by atoms with van der Waals surface area (Å²) in [6, 6.07) is 19.5. The molecule has 2 heteroatoms. The first-order valence-electron chi connectivity index (χ1n) is 5.65. The Labute approximate surface area is 100 Å². The second-order valence-corrected chi connectivity index (χ2v) is 4.04. The molecule has 3 rings (SSSR count). The van der Waals surface area contributed by atoms with Crippen molar-refractivity contribution in [1.29, 1.82) is 0 Å². The van der Waals surface area contributed by atoms with Crippen LogP contribution >= 0.6 is 0 Å². The molecule has 3 aromatic rings. The molecule has 1 aromatic heterocycles. The van der Waals surface area contributed by atoms with Crippen molar-refractivity contribution in [3.63, 3.8) is 0 Å². The molecule has 2 aromatic carbocycles. The molecule has 2 nitrogen and oxygen atoms in total. The van der Waals surface area contributed by atoms with Gasteiger partial charge in [0.25, 0.3) is 0 Å². The highest BCUT2D eigenvalue weighted by Gasteiger charge is 2.02. The van der Waals surface area contributed by atoms with Crippen LogP contribution in [0.5, 0.6) is 0 Å². The molecule has 0 aliphatic carbocycles. The van der Waals surface area contributed by atoms with E-state index in [1.54, 1.807) is 0 Å². The summed E-state index contributed by atoms with van der Waals surface area (Å²) in [5.41, 5.74) is 9.16. The lowest BCUT2D eigenvalue weighted by molar-refractivity contribution is 1.05. The molecule has 0 atom stereocenters. The van der Waals surface area contributed by atoms with Crippen LogP contribution < -0.4 is 5.73 Å². The summed E-state index contributed by atoms with van der Waals surface area (Å²) >= 11 is 0. The van der Waals surface area contributed by atoms with Crippen molar-refractivity contribution in [2.24, 2.45) is 5.73 Å². The maximum Gasteiger partial charge on any atom is 0.0528 e. The van der Waals surface area contributed by atoms with E-state index in [4.69, 9.17) is 5.73 Å². The quantitative estimate of drug-likeness (QED) is 0.708. The number of fused-ring (bicyclic) bond motifs is 1. The van der Waals surface area contributed by atoms with E-state index in [1.807, 2.05) is 24.3 Å². The molecule has 1 radical (unpaired) electrons. The molecule has 0 unspecified atom stereocenters. The second-order valence-electron chi connectivity index (χ2n) is 4.04. The summed E-state index contributed by atoms with van der Waals surface area (Å²) in [6.45, 7) is 0.570. The lowest BCUT2D eigenvalue weighted by Crippen LogP contribution is -1.98. The first kappa shape index (κ1) is 10.1. The number of nitrogens with zero attached hydrogens (tertiary/aromatic N) is 1. The van der Waals surface area contributed by atoms with Gasteiger partial charge in [-0.1, -0.05) is 18.2 Å². The molecule has 83 valence electrons. The van der Waals surface area contributed by atoms with Crippen LogP contribution in [0.3, 0.4) is 0 Å². The van der Waals surface area contributed by atoms with Gasteiger partial charge < -0.3 is 10.3 Å². The third kappa shape index (κ3) is 1.73. The third-order valence-corrected chi connectivity index (χ3v) is 2.96. The van der Waals surface area contributed by atoms with Crippen LogP contribution in [0.1, 0.15) is 5.56 Å². The number of rotatable bonds is 2. The van der Waals surface area contributed by atoms with E-state index in [0.717, 1.165) is 11.3 Å². The maximum atomic E-state index is 5.67. The smallest absolute Gasteiger partial charge is 0.0528 e. The molecule has 0 saturated carbocycles. The molecule has 0 aliphatic rings. The van der Waals surface area contributed by atoms with Crippen LogP contribution in [0.15, 0.2) is 54.7 Å². The Morgan fingerprint density at radius 3 is 3.00 bits per heavy atom. The molecule has 0 bridgehead atoms. The van der Waals surface area contributed by atoms with Gasteiger partial charge in [0.15, 0.2) is 0 Å². The fraction of sp³-hybridized carbons (Fsp3) is 0.0667. The highest BCUT2D eigenvalue weighted by atomic mass is 15.0. The van der Waals surface area contributed by atoms with Crippen molar-refractivity contribution in [3.8, 4) is 5.69 Å². The summed E-state index contributed by atoms with van der Waals surface area (Å²) in [7, 11) is 0. The molecule has 0 spiro atoms. The van der Waals surface area contributed by atoms with E-state index in [-0.39, 0.29) is 0 Å². The van der Waals surface area contributed by atoms with E-state index < -0.39 is 0 Å². The fourth-order valence-electron chi connectivity index (χ4n) is 2.08. The standard InChI is InChI=1S/C15H13N2/c16-11-12-4-3-6-14(10-12)17-9-8-13-5-1-2-7-15(13)17/h2-10H,11,16H2. The fourth-order valence-corrected chi connectivity index (χ4v) is 2.08. The van der Waals surface area contributed by atoms with Crippen molar-refractivity contribution in [2.75, 3.05) is 0 Å². The predicted octanol–water partition coefficient (Wildman–Crippen LogP) is 2.89. The van der Waals surface area contributed by atoms with Gasteiger partial charge in [-0.3, -0.25) is 0 Å². The Kier molecular flexibility index (Phi) is 2.42. The summed E-state index contributed by atoms with van der Waals surface area (Å²) in [4.78, 5) is 0. The Morgan fingerprint density at radius 1 is 1.18 bits per heavy atom. The summed E-state index contributed by atoms with van der Waals surface area (Å²) < 4.78 is 2.17. The zero-order chi connectivity index (χ0) is 11.7. The van der Waals surface area contributed by atoms with Crippen molar-refractivity contribution in [3.05, 3.63) is 66.4 Å². The minimum absolute atomic E-state index is 0.570. The molecule has 0 aliphatic heterocycles. The third-order valence-electron chi connectivity index (χ3n) is 2.96. The van der Waals surface area contributed by atoms with Crippen LogP contribution in [0, 0.1) is 6.07 Å². The number of hydrogen-bond acceptors (Lipinski definition) is 1. The highest BCUT2D eigenvalue weighted by molar-refractivity contribution is 5.81. The molecule has 2 N–H and O–H groups in total. The molecule has 0 amide bonds. The normalized spacial score (nSPS) is 10.9. The van der Waals surface area contributed by atoms with Gasteiger partial charge in [-0.25, -0.2) is 0 Å². The Balaban J connectivity index is 2.20. The van der Waals surface area contributed by atoms with Gasteiger partial charge in [-0.2, -0.15) is 0 Å². The molecular formula is C15H13N2. The zero-order valence-corrected chi connectivity index (χ0v) is 9.43. The van der Waals surface area contributed by atoms with Crippen molar-refractivity contribution >= 4 is 10.9 Å². The van der Waals surface area contributed by atoms with Crippen LogP contribution in [0.4, 0.5) is 0 Å². The van der Waals surface area contributed by atoms with Crippen LogP contribution in [0.25, 0.3) is 16.6 Å². The van der Waals surface area contributed by atoms with Crippen LogP contribution in [-0.4, -0.2) is 4.57 Å². The zero-order valence-electron chi connectivity index (χ0n) is 9.43. The number of aromatic nitrogens is 1. The molecular weight excluding hydrogens is 208 g/mol. The van der Waals surface area contributed by atoms with Gasteiger partial charge in [0.1, 0.15) is 0 Å². The minimum atomic E-state index is 0.570. The highest BCUT2D eigenvalue weighted by Crippen LogP contribution is 2.20. The van der Waals surface area contributed by atoms with Crippen molar-refractivity contribution in [1.82, 2.24) is 4.57 Å². The van der Waals surface area contributed by atoms with Crippen LogP contribution in [0.2, 0.25) is 0 Å². The van der Waals surface area contributed by atoms with Crippen molar-refractivity contribution in [2.45, 2.75) is 6.54 Å². The number of hydrogen-bond donors (Lipinski definition) is 1. The second kappa shape index (κ2) is 4.07. The summed E-state index contributed by atoms with van der Waals surface area (Å²) in [6.07, 6.45) is 2.08. The van der Waals surface area contributed by atoms with Gasteiger partial charge >= 0.3 is 0 Å². The largest absolute Gasteiger partial charge is 0.326 e. The van der Waals surface area contributed by atoms with E-state index >= 15 is 0 Å². The maximum absolute atomic E-state index is 5.67. The average molecular weight is 221 g/mol. The monoisotopic (exact) mass is 221 g/mol. The Hall–Kier alpha value is -2.06. The minimum Gasteiger partial charge on any atom is -0.326 e. The molecule has 1 heterocycles. The van der Waals surface area contributed by atoms with Gasteiger partial charge in [-0.05, 0) is 42.0 Å². The van der Waals surface area contributed by atoms with E-state index in [0.29, 0.717) is 6.54 Å². The lowest BCUT2D eigenvalue weighted by atomic mass is 10.2. The van der Waals surface area contributed by atoms with Crippen LogP contribution in [-0.2, 0) is 6.54 Å². The molecule has 0 fully saturated rings. The van der Waals surface area contributed by atoms with Gasteiger partial charge in [0.2, 0.25) is 0 Å². The van der Waals surface area contributed by atoms with Gasteiger partial charge in [0, 0.05) is 23.8 Å². The summed E-state index contributed by atoms with van der Waals surface area (Å²) in [5.74, 6) is 0. The topological polar surface area (TPSA) is 30.9 Å². The van der Waals surface area contributed by atoms with Crippen molar-refractivity contribution < 1.29 is 0 Å². The Morgan fingerprint density at radius 2 is 2.12 bits per heavy atom. The first-order chi connectivity index (χ1) is 8.38. The summed E-state index contributed by atoms with van der Waals surface area (Å²) in [5, 5.41) is 1.20. The first-order valence-corrected chi connectivity index (χ1v) is 5.65. The lowest BCUT2D eigenvalue weighted by Gasteiger charge is -2.07. The van der Waals surface area contributed by atoms with E-state index in [2.05, 4.69) is 41.1 Å².